The van der Waals surface area contributed by atoms with Gasteiger partial charge in [0.25, 0.3) is 0 Å². The quantitative estimate of drug-likeness (QED) is 0.808. The van der Waals surface area contributed by atoms with Crippen LogP contribution in [0.1, 0.15) is 41.6 Å². The Hall–Kier alpha value is -1.28. The summed E-state index contributed by atoms with van der Waals surface area (Å²) in [4.78, 5) is 3.58. The summed E-state index contributed by atoms with van der Waals surface area (Å²) < 4.78 is 0. The van der Waals surface area contributed by atoms with Gasteiger partial charge in [0.2, 0.25) is 0 Å². The van der Waals surface area contributed by atoms with E-state index in [2.05, 4.69) is 29.4 Å². The normalized spacial score (nSPS) is 15.5. The number of aromatic nitrogens is 1. The van der Waals surface area contributed by atoms with Crippen LogP contribution in [0.15, 0.2) is 12.1 Å². The number of fused-ring (bicyclic) bond motifs is 2. The molecule has 0 atom stereocenters. The summed E-state index contributed by atoms with van der Waals surface area (Å²) in [6, 6.07) is 4.87. The minimum Gasteiger partial charge on any atom is -0.358 e. The number of nitrogens with one attached hydrogen (secondary N) is 2. The van der Waals surface area contributed by atoms with Crippen molar-refractivity contribution in [2.75, 3.05) is 13.6 Å². The number of rotatable bonds is 3. The SMILES string of the molecule is CNCCc1c(C)[nH]c2cc3c(cc12)CCCCC3. The molecule has 3 rings (SSSR count). The predicted molar refractivity (Wildman–Crippen MR) is 81.9 cm³/mol. The van der Waals surface area contributed by atoms with E-state index in [4.69, 9.17) is 0 Å². The van der Waals surface area contributed by atoms with Gasteiger partial charge in [0.15, 0.2) is 0 Å². The van der Waals surface area contributed by atoms with Crippen LogP contribution in [0.2, 0.25) is 0 Å². The maximum Gasteiger partial charge on any atom is 0.0461 e. The minimum atomic E-state index is 1.05. The Bertz CT molecular complexity index is 580. The maximum absolute atomic E-state index is 3.58. The lowest BCUT2D eigenvalue weighted by Gasteiger charge is -2.07. The summed E-state index contributed by atoms with van der Waals surface area (Å²) in [6.07, 6.45) is 7.73. The largest absolute Gasteiger partial charge is 0.358 e. The smallest absolute Gasteiger partial charge is 0.0461 e. The minimum absolute atomic E-state index is 1.05. The molecule has 102 valence electrons. The van der Waals surface area contributed by atoms with E-state index in [0.717, 1.165) is 13.0 Å². The molecule has 0 radical (unpaired) electrons. The number of likely N-dealkylation sites (N-methyl/N-ethyl adjacent to an activating group) is 1. The number of aromatic amines is 1. The highest BCUT2D eigenvalue weighted by molar-refractivity contribution is 5.86. The van der Waals surface area contributed by atoms with Crippen LogP contribution in [-0.4, -0.2) is 18.6 Å². The highest BCUT2D eigenvalue weighted by Gasteiger charge is 2.13. The van der Waals surface area contributed by atoms with E-state index in [0.29, 0.717) is 0 Å². The van der Waals surface area contributed by atoms with E-state index in [9.17, 15) is 0 Å². The number of benzene rings is 1. The van der Waals surface area contributed by atoms with Gasteiger partial charge in [0.1, 0.15) is 0 Å². The molecule has 1 heterocycles. The van der Waals surface area contributed by atoms with Crippen LogP contribution in [0.4, 0.5) is 0 Å². The second kappa shape index (κ2) is 5.38. The summed E-state index contributed by atoms with van der Waals surface area (Å²) in [5.74, 6) is 0. The first-order valence-electron chi connectivity index (χ1n) is 7.57. The molecule has 2 heteroatoms. The molecule has 0 unspecified atom stereocenters. The lowest BCUT2D eigenvalue weighted by atomic mass is 9.98. The lowest BCUT2D eigenvalue weighted by molar-refractivity contribution is 0.711. The van der Waals surface area contributed by atoms with Gasteiger partial charge in [-0.25, -0.2) is 0 Å². The zero-order chi connectivity index (χ0) is 13.2. The fourth-order valence-corrected chi connectivity index (χ4v) is 3.37. The molecule has 2 N–H and O–H groups in total. The highest BCUT2D eigenvalue weighted by atomic mass is 14.8. The van der Waals surface area contributed by atoms with Crippen LogP contribution in [0.3, 0.4) is 0 Å². The molecule has 19 heavy (non-hydrogen) atoms. The van der Waals surface area contributed by atoms with Crippen molar-refractivity contribution < 1.29 is 0 Å². The van der Waals surface area contributed by atoms with E-state index >= 15 is 0 Å². The topological polar surface area (TPSA) is 27.8 Å². The maximum atomic E-state index is 3.58. The van der Waals surface area contributed by atoms with Crippen molar-refractivity contribution in [3.63, 3.8) is 0 Å². The third-order valence-electron chi connectivity index (χ3n) is 4.46. The average Bonchev–Trinajstić information content (AvgIpc) is 2.58. The van der Waals surface area contributed by atoms with Gasteiger partial charge in [0.05, 0.1) is 0 Å². The highest BCUT2D eigenvalue weighted by Crippen LogP contribution is 2.29. The van der Waals surface area contributed by atoms with Crippen LogP contribution in [0, 0.1) is 6.92 Å². The molecule has 2 nitrogen and oxygen atoms in total. The molecule has 1 aliphatic carbocycles. The summed E-state index contributed by atoms with van der Waals surface area (Å²) in [5.41, 5.74) is 7.34. The number of hydrogen-bond acceptors (Lipinski definition) is 1. The van der Waals surface area contributed by atoms with Crippen LogP contribution < -0.4 is 5.32 Å². The van der Waals surface area contributed by atoms with Crippen molar-refractivity contribution in [1.82, 2.24) is 10.3 Å². The van der Waals surface area contributed by atoms with Gasteiger partial charge in [0, 0.05) is 16.6 Å². The van der Waals surface area contributed by atoms with Gasteiger partial charge in [-0.05, 0) is 81.4 Å². The Balaban J connectivity index is 2.07. The van der Waals surface area contributed by atoms with Crippen LogP contribution >= 0.6 is 0 Å². The molecular formula is C17H24N2. The third-order valence-corrected chi connectivity index (χ3v) is 4.46. The van der Waals surface area contributed by atoms with E-state index in [-0.39, 0.29) is 0 Å². The second-order valence-corrected chi connectivity index (χ2v) is 5.81. The van der Waals surface area contributed by atoms with E-state index in [1.54, 1.807) is 11.1 Å². The Morgan fingerprint density at radius 2 is 1.84 bits per heavy atom. The molecule has 0 saturated heterocycles. The van der Waals surface area contributed by atoms with Crippen LogP contribution in [0.25, 0.3) is 10.9 Å². The van der Waals surface area contributed by atoms with Crippen molar-refractivity contribution in [1.29, 1.82) is 0 Å². The molecule has 0 aliphatic heterocycles. The van der Waals surface area contributed by atoms with Crippen LogP contribution in [0.5, 0.6) is 0 Å². The zero-order valence-corrected chi connectivity index (χ0v) is 12.1. The van der Waals surface area contributed by atoms with Crippen molar-refractivity contribution in [2.45, 2.75) is 45.4 Å². The van der Waals surface area contributed by atoms with Crippen molar-refractivity contribution >= 4 is 10.9 Å². The molecule has 0 bridgehead atoms. The first kappa shape index (κ1) is 12.7. The van der Waals surface area contributed by atoms with Gasteiger partial charge in [-0.15, -0.1) is 0 Å². The van der Waals surface area contributed by atoms with Gasteiger partial charge in [-0.2, -0.15) is 0 Å². The molecular weight excluding hydrogens is 232 g/mol. The molecule has 2 aromatic rings. The summed E-state index contributed by atoms with van der Waals surface area (Å²) in [6.45, 7) is 3.25. The van der Waals surface area contributed by atoms with Crippen molar-refractivity contribution in [2.24, 2.45) is 0 Å². The molecule has 0 saturated carbocycles. The Morgan fingerprint density at radius 3 is 2.58 bits per heavy atom. The fraction of sp³-hybridized carbons (Fsp3) is 0.529. The zero-order valence-electron chi connectivity index (χ0n) is 12.1. The monoisotopic (exact) mass is 256 g/mol. The van der Waals surface area contributed by atoms with Gasteiger partial charge >= 0.3 is 0 Å². The lowest BCUT2D eigenvalue weighted by Crippen LogP contribution is -2.10. The Kier molecular flexibility index (Phi) is 3.61. The third kappa shape index (κ3) is 2.42. The Labute approximate surface area is 115 Å². The summed E-state index contributed by atoms with van der Waals surface area (Å²) in [5, 5.41) is 4.71. The molecule has 0 amide bonds. The second-order valence-electron chi connectivity index (χ2n) is 5.81. The van der Waals surface area contributed by atoms with Gasteiger partial charge in [-0.1, -0.05) is 6.42 Å². The predicted octanol–water partition coefficient (Wildman–Crippen LogP) is 3.51. The molecule has 1 aliphatic rings. The van der Waals surface area contributed by atoms with Gasteiger partial charge in [-0.3, -0.25) is 0 Å². The molecule has 1 aromatic heterocycles. The summed E-state index contributed by atoms with van der Waals surface area (Å²) >= 11 is 0. The first-order valence-corrected chi connectivity index (χ1v) is 7.57. The van der Waals surface area contributed by atoms with E-state index < -0.39 is 0 Å². The van der Waals surface area contributed by atoms with Gasteiger partial charge < -0.3 is 10.3 Å². The van der Waals surface area contributed by atoms with Crippen LogP contribution in [-0.2, 0) is 19.3 Å². The molecule has 0 spiro atoms. The van der Waals surface area contributed by atoms with Crippen molar-refractivity contribution in [3.8, 4) is 0 Å². The Morgan fingerprint density at radius 1 is 1.11 bits per heavy atom. The number of aryl methyl sites for hydroxylation is 3. The first-order chi connectivity index (χ1) is 9.29. The number of hydrogen-bond donors (Lipinski definition) is 2. The fourth-order valence-electron chi connectivity index (χ4n) is 3.37. The summed E-state index contributed by atoms with van der Waals surface area (Å²) in [7, 11) is 2.02. The van der Waals surface area contributed by atoms with E-state index in [1.807, 2.05) is 7.05 Å². The standard InChI is InChI=1S/C17H24N2/c1-12-15(8-9-18-2)16-10-13-6-4-3-5-7-14(13)11-17(16)19-12/h10-11,18-19H,3-9H2,1-2H3. The molecule has 0 fully saturated rings. The van der Waals surface area contributed by atoms with Crippen molar-refractivity contribution in [3.05, 3.63) is 34.5 Å². The van der Waals surface area contributed by atoms with E-state index in [1.165, 1.54) is 54.3 Å². The molecule has 1 aromatic carbocycles. The number of H-pyrrole nitrogens is 1. The average molecular weight is 256 g/mol.